The van der Waals surface area contributed by atoms with Gasteiger partial charge in [-0.2, -0.15) is 0 Å². The summed E-state index contributed by atoms with van der Waals surface area (Å²) in [6.45, 7) is 7.70. The summed E-state index contributed by atoms with van der Waals surface area (Å²) in [5.41, 5.74) is 2.97. The highest BCUT2D eigenvalue weighted by molar-refractivity contribution is 7.92. The molecule has 10 heteroatoms. The number of halogens is 1. The average molecular weight is 676 g/mol. The summed E-state index contributed by atoms with van der Waals surface area (Å²) < 4.78 is 35.0. The Bertz CT molecular complexity index is 1730. The molecular weight excluding hydrogens is 634 g/mol. The Balaban J connectivity index is 1.81. The summed E-state index contributed by atoms with van der Waals surface area (Å²) in [6, 6.07) is 28.5. The number of hydrogen-bond acceptors (Lipinski definition) is 5. The zero-order valence-electron chi connectivity index (χ0n) is 27.2. The first-order valence-corrected chi connectivity index (χ1v) is 17.5. The molecule has 0 aliphatic carbocycles. The molecule has 0 aromatic heterocycles. The number of hydrogen-bond donors (Lipinski definition) is 1. The lowest BCUT2D eigenvalue weighted by Crippen LogP contribution is -2.54. The molecule has 0 radical (unpaired) electrons. The Labute approximate surface area is 283 Å². The molecule has 2 atom stereocenters. The molecule has 4 aromatic rings. The Morgan fingerprint density at radius 1 is 0.872 bits per heavy atom. The lowest BCUT2D eigenvalue weighted by atomic mass is 10.0. The molecule has 4 rings (SSSR count). The fraction of sp³-hybridized carbons (Fsp3) is 0.297. The van der Waals surface area contributed by atoms with Crippen LogP contribution in [-0.4, -0.2) is 50.4 Å². The average Bonchev–Trinajstić information content (AvgIpc) is 3.06. The van der Waals surface area contributed by atoms with Gasteiger partial charge < -0.3 is 15.0 Å². The Hall–Kier alpha value is -4.34. The number of nitrogens with one attached hydrogen (secondary N) is 1. The van der Waals surface area contributed by atoms with Gasteiger partial charge in [0.25, 0.3) is 10.0 Å². The van der Waals surface area contributed by atoms with Crippen LogP contribution in [0.1, 0.15) is 43.9 Å². The maximum Gasteiger partial charge on any atom is 0.264 e. The molecule has 0 unspecified atom stereocenters. The van der Waals surface area contributed by atoms with Crippen LogP contribution in [-0.2, 0) is 32.6 Å². The van der Waals surface area contributed by atoms with Gasteiger partial charge in [-0.15, -0.1) is 0 Å². The van der Waals surface area contributed by atoms with Crippen LogP contribution in [0.4, 0.5) is 5.69 Å². The van der Waals surface area contributed by atoms with E-state index in [1.165, 1.54) is 29.2 Å². The highest BCUT2D eigenvalue weighted by atomic mass is 35.5. The van der Waals surface area contributed by atoms with Crippen molar-refractivity contribution in [1.29, 1.82) is 0 Å². The van der Waals surface area contributed by atoms with Crippen LogP contribution < -0.4 is 14.4 Å². The fourth-order valence-corrected chi connectivity index (χ4v) is 6.68. The minimum atomic E-state index is -4.25. The molecule has 0 fully saturated rings. The molecule has 248 valence electrons. The third-order valence-electron chi connectivity index (χ3n) is 7.82. The number of ether oxygens (including phenoxy) is 1. The van der Waals surface area contributed by atoms with Gasteiger partial charge in [-0.05, 0) is 86.8 Å². The van der Waals surface area contributed by atoms with E-state index in [1.54, 1.807) is 24.3 Å². The number of sulfonamides is 1. The normalized spacial score (nSPS) is 12.5. The standard InChI is InChI=1S/C37H42ClN3O5S/c1-5-28(4)39-37(43)35(24-29-12-8-7-9-13-29)40(25-30-14-10-11-27(3)23-30)36(42)26-41(32-17-19-33(20-18-32)46-6-2)47(44,45)34-21-15-31(38)16-22-34/h7-23,28,35H,5-6,24-26H2,1-4H3,(H,39,43)/t28-,35-/m0/s1. The summed E-state index contributed by atoms with van der Waals surface area (Å²) in [5.74, 6) is -0.271. The topological polar surface area (TPSA) is 96.0 Å². The smallest absolute Gasteiger partial charge is 0.264 e. The molecule has 0 saturated carbocycles. The van der Waals surface area contributed by atoms with E-state index in [9.17, 15) is 18.0 Å². The fourth-order valence-electron chi connectivity index (χ4n) is 5.14. The number of anilines is 1. The van der Waals surface area contributed by atoms with E-state index in [2.05, 4.69) is 5.32 Å². The summed E-state index contributed by atoms with van der Waals surface area (Å²) in [5, 5.41) is 3.44. The SMILES string of the molecule is CCOc1ccc(N(CC(=O)N(Cc2cccc(C)c2)[C@@H](Cc2ccccc2)C(=O)N[C@@H](C)CC)S(=O)(=O)c2ccc(Cl)cc2)cc1. The molecule has 0 heterocycles. The highest BCUT2D eigenvalue weighted by Crippen LogP contribution is 2.28. The van der Waals surface area contributed by atoms with Crippen molar-refractivity contribution in [1.82, 2.24) is 10.2 Å². The van der Waals surface area contributed by atoms with Crippen molar-refractivity contribution in [3.63, 3.8) is 0 Å². The summed E-state index contributed by atoms with van der Waals surface area (Å²) >= 11 is 6.08. The monoisotopic (exact) mass is 675 g/mol. The van der Waals surface area contributed by atoms with E-state index in [-0.39, 0.29) is 35.5 Å². The molecular formula is C37H42ClN3O5S. The van der Waals surface area contributed by atoms with Crippen molar-refractivity contribution in [2.24, 2.45) is 0 Å². The van der Waals surface area contributed by atoms with Crippen LogP contribution in [0, 0.1) is 6.92 Å². The van der Waals surface area contributed by atoms with Gasteiger partial charge in [0.05, 0.1) is 17.2 Å². The molecule has 0 bridgehead atoms. The van der Waals surface area contributed by atoms with E-state index in [0.717, 1.165) is 21.0 Å². The third-order valence-corrected chi connectivity index (χ3v) is 9.86. The Morgan fingerprint density at radius 3 is 2.15 bits per heavy atom. The molecule has 0 spiro atoms. The minimum Gasteiger partial charge on any atom is -0.494 e. The number of rotatable bonds is 15. The zero-order chi connectivity index (χ0) is 34.0. The van der Waals surface area contributed by atoms with Crippen LogP contribution in [0.15, 0.2) is 108 Å². The molecule has 4 aromatic carbocycles. The maximum absolute atomic E-state index is 14.6. The van der Waals surface area contributed by atoms with Crippen LogP contribution in [0.3, 0.4) is 0 Å². The zero-order valence-corrected chi connectivity index (χ0v) is 28.8. The molecule has 2 amide bonds. The lowest BCUT2D eigenvalue weighted by molar-refractivity contribution is -0.140. The quantitative estimate of drug-likeness (QED) is 0.150. The molecule has 0 saturated heterocycles. The predicted molar refractivity (Wildman–Crippen MR) is 187 cm³/mol. The van der Waals surface area contributed by atoms with Crippen molar-refractivity contribution in [3.05, 3.63) is 125 Å². The number of benzene rings is 4. The number of amides is 2. The van der Waals surface area contributed by atoms with Crippen molar-refractivity contribution in [2.45, 2.75) is 64.1 Å². The lowest BCUT2D eigenvalue weighted by Gasteiger charge is -2.34. The van der Waals surface area contributed by atoms with Crippen LogP contribution >= 0.6 is 11.6 Å². The number of carbonyl (C=O) groups is 2. The van der Waals surface area contributed by atoms with Gasteiger partial charge >= 0.3 is 0 Å². The number of carbonyl (C=O) groups excluding carboxylic acids is 2. The first-order chi connectivity index (χ1) is 22.5. The summed E-state index contributed by atoms with van der Waals surface area (Å²) in [7, 11) is -4.25. The minimum absolute atomic E-state index is 0.0239. The maximum atomic E-state index is 14.6. The van der Waals surface area contributed by atoms with E-state index in [4.69, 9.17) is 16.3 Å². The largest absolute Gasteiger partial charge is 0.494 e. The van der Waals surface area contributed by atoms with Gasteiger partial charge in [0.15, 0.2) is 0 Å². The van der Waals surface area contributed by atoms with Crippen LogP contribution in [0.25, 0.3) is 0 Å². The molecule has 0 aliphatic heterocycles. The van der Waals surface area contributed by atoms with Crippen molar-refractivity contribution < 1.29 is 22.7 Å². The summed E-state index contributed by atoms with van der Waals surface area (Å²) in [6.07, 6.45) is 0.953. The van der Waals surface area contributed by atoms with Gasteiger partial charge in [-0.3, -0.25) is 13.9 Å². The van der Waals surface area contributed by atoms with Gasteiger partial charge in [-0.25, -0.2) is 8.42 Å². The molecule has 8 nitrogen and oxygen atoms in total. The molecule has 47 heavy (non-hydrogen) atoms. The van der Waals surface area contributed by atoms with Crippen LogP contribution in [0.2, 0.25) is 5.02 Å². The van der Waals surface area contributed by atoms with E-state index in [0.29, 0.717) is 23.8 Å². The van der Waals surface area contributed by atoms with Crippen LogP contribution in [0.5, 0.6) is 5.75 Å². The first-order valence-electron chi connectivity index (χ1n) is 15.7. The molecule has 0 aliphatic rings. The second kappa shape index (κ2) is 16.5. The van der Waals surface area contributed by atoms with Gasteiger partial charge in [0.2, 0.25) is 11.8 Å². The summed E-state index contributed by atoms with van der Waals surface area (Å²) in [4.78, 5) is 30.0. The van der Waals surface area contributed by atoms with Gasteiger partial charge in [-0.1, -0.05) is 78.7 Å². The number of aryl methyl sites for hydroxylation is 1. The van der Waals surface area contributed by atoms with Crippen molar-refractivity contribution in [2.75, 3.05) is 17.5 Å². The predicted octanol–water partition coefficient (Wildman–Crippen LogP) is 6.80. The van der Waals surface area contributed by atoms with Crippen molar-refractivity contribution in [3.8, 4) is 5.75 Å². The van der Waals surface area contributed by atoms with Gasteiger partial charge in [0, 0.05) is 24.0 Å². The van der Waals surface area contributed by atoms with E-state index >= 15 is 0 Å². The number of nitrogens with zero attached hydrogens (tertiary/aromatic N) is 2. The third kappa shape index (κ3) is 9.59. The highest BCUT2D eigenvalue weighted by Gasteiger charge is 2.35. The van der Waals surface area contributed by atoms with E-state index in [1.807, 2.05) is 82.3 Å². The van der Waals surface area contributed by atoms with E-state index < -0.39 is 28.5 Å². The first kappa shape index (κ1) is 35.5. The van der Waals surface area contributed by atoms with Gasteiger partial charge in [0.1, 0.15) is 18.3 Å². The second-order valence-corrected chi connectivity index (χ2v) is 13.7. The molecule has 1 N–H and O–H groups in total. The Morgan fingerprint density at radius 2 is 1.53 bits per heavy atom. The second-order valence-electron chi connectivity index (χ2n) is 11.4. The van der Waals surface area contributed by atoms with Crippen molar-refractivity contribution >= 4 is 39.1 Å². The Kier molecular flexibility index (Phi) is 12.4.